The Bertz CT molecular complexity index is 709. The number of ether oxygens (including phenoxy) is 2. The summed E-state index contributed by atoms with van der Waals surface area (Å²) in [6, 6.07) is 16.3. The maximum atomic E-state index is 12.4. The van der Waals surface area contributed by atoms with Crippen molar-refractivity contribution in [1.82, 2.24) is 10.2 Å². The molecule has 0 bridgehead atoms. The van der Waals surface area contributed by atoms with E-state index < -0.39 is 0 Å². The zero-order valence-corrected chi connectivity index (χ0v) is 15.4. The lowest BCUT2D eigenvalue weighted by atomic mass is 10.2. The van der Waals surface area contributed by atoms with Crippen LogP contribution in [0.1, 0.15) is 24.0 Å². The third kappa shape index (κ3) is 5.23. The van der Waals surface area contributed by atoms with Gasteiger partial charge in [0.2, 0.25) is 5.91 Å². The van der Waals surface area contributed by atoms with Crippen molar-refractivity contribution in [3.63, 3.8) is 0 Å². The second-order valence-corrected chi connectivity index (χ2v) is 6.61. The van der Waals surface area contributed by atoms with Crippen LogP contribution in [-0.4, -0.2) is 37.6 Å². The standard InChI is InChI=1S/C21H26N2O3/c1-25-19-9-3-16(4-10-19)13-22-21(24)15-23(18-7-8-18)14-17-5-11-20(26-2)12-6-17/h3-6,9-12,18H,7-8,13-15H2,1-2H3,(H,22,24). The lowest BCUT2D eigenvalue weighted by molar-refractivity contribution is -0.122. The first-order valence-electron chi connectivity index (χ1n) is 8.94. The molecule has 0 aromatic heterocycles. The summed E-state index contributed by atoms with van der Waals surface area (Å²) in [6.07, 6.45) is 2.34. The molecule has 0 atom stereocenters. The van der Waals surface area contributed by atoms with Gasteiger partial charge in [-0.15, -0.1) is 0 Å². The summed E-state index contributed by atoms with van der Waals surface area (Å²) in [5.41, 5.74) is 2.26. The first-order chi connectivity index (χ1) is 12.7. The Balaban J connectivity index is 1.51. The summed E-state index contributed by atoms with van der Waals surface area (Å²) in [4.78, 5) is 14.6. The van der Waals surface area contributed by atoms with Crippen LogP contribution < -0.4 is 14.8 Å². The normalized spacial score (nSPS) is 13.5. The van der Waals surface area contributed by atoms with E-state index in [0.29, 0.717) is 19.1 Å². The minimum Gasteiger partial charge on any atom is -0.497 e. The zero-order valence-electron chi connectivity index (χ0n) is 15.4. The zero-order chi connectivity index (χ0) is 18.4. The van der Waals surface area contributed by atoms with Gasteiger partial charge in [-0.05, 0) is 48.2 Å². The van der Waals surface area contributed by atoms with Gasteiger partial charge in [-0.25, -0.2) is 0 Å². The molecular weight excluding hydrogens is 328 g/mol. The molecule has 1 fully saturated rings. The monoisotopic (exact) mass is 354 g/mol. The molecule has 0 spiro atoms. The Morgan fingerprint density at radius 1 is 0.962 bits per heavy atom. The Morgan fingerprint density at radius 3 is 2.00 bits per heavy atom. The highest BCUT2D eigenvalue weighted by molar-refractivity contribution is 5.78. The van der Waals surface area contributed by atoms with Gasteiger partial charge in [-0.3, -0.25) is 9.69 Å². The first kappa shape index (κ1) is 18.3. The molecule has 1 aliphatic carbocycles. The molecule has 0 heterocycles. The van der Waals surface area contributed by atoms with Crippen molar-refractivity contribution in [3.8, 4) is 11.5 Å². The number of methoxy groups -OCH3 is 2. The van der Waals surface area contributed by atoms with Crippen molar-refractivity contribution in [2.75, 3.05) is 20.8 Å². The van der Waals surface area contributed by atoms with Crippen molar-refractivity contribution < 1.29 is 14.3 Å². The second-order valence-electron chi connectivity index (χ2n) is 6.61. The van der Waals surface area contributed by atoms with Crippen LogP contribution in [0.4, 0.5) is 0 Å². The smallest absolute Gasteiger partial charge is 0.234 e. The topological polar surface area (TPSA) is 50.8 Å². The largest absolute Gasteiger partial charge is 0.497 e. The van der Waals surface area contributed by atoms with Gasteiger partial charge in [0, 0.05) is 19.1 Å². The summed E-state index contributed by atoms with van der Waals surface area (Å²) >= 11 is 0. The minimum atomic E-state index is 0.0567. The molecule has 138 valence electrons. The molecule has 0 unspecified atom stereocenters. The summed E-state index contributed by atoms with van der Waals surface area (Å²) in [6.45, 7) is 1.74. The highest BCUT2D eigenvalue weighted by Gasteiger charge is 2.30. The number of nitrogens with zero attached hydrogens (tertiary/aromatic N) is 1. The predicted molar refractivity (Wildman–Crippen MR) is 101 cm³/mol. The molecule has 2 aromatic carbocycles. The van der Waals surface area contributed by atoms with Crippen molar-refractivity contribution >= 4 is 5.91 Å². The number of nitrogens with one attached hydrogen (secondary N) is 1. The third-order valence-electron chi connectivity index (χ3n) is 4.60. The molecule has 1 amide bonds. The lowest BCUT2D eigenvalue weighted by Gasteiger charge is -2.21. The molecule has 5 nitrogen and oxygen atoms in total. The number of hydrogen-bond acceptors (Lipinski definition) is 4. The van der Waals surface area contributed by atoms with Gasteiger partial charge in [0.05, 0.1) is 20.8 Å². The summed E-state index contributed by atoms with van der Waals surface area (Å²) in [7, 11) is 3.31. The summed E-state index contributed by atoms with van der Waals surface area (Å²) < 4.78 is 10.4. The van der Waals surface area contributed by atoms with E-state index >= 15 is 0 Å². The van der Waals surface area contributed by atoms with Crippen LogP contribution in [0.2, 0.25) is 0 Å². The van der Waals surface area contributed by atoms with E-state index in [1.165, 1.54) is 18.4 Å². The van der Waals surface area contributed by atoms with Crippen molar-refractivity contribution in [2.45, 2.75) is 32.0 Å². The van der Waals surface area contributed by atoms with Gasteiger partial charge in [0.25, 0.3) is 0 Å². The van der Waals surface area contributed by atoms with Gasteiger partial charge in [-0.2, -0.15) is 0 Å². The number of carbonyl (C=O) groups excluding carboxylic acids is 1. The van der Waals surface area contributed by atoms with Crippen LogP contribution in [0, 0.1) is 0 Å². The Kier molecular flexibility index (Phi) is 6.12. The van der Waals surface area contributed by atoms with Gasteiger partial charge in [0.15, 0.2) is 0 Å². The maximum absolute atomic E-state index is 12.4. The Morgan fingerprint density at radius 2 is 1.50 bits per heavy atom. The average Bonchev–Trinajstić information content (AvgIpc) is 3.52. The van der Waals surface area contributed by atoms with Crippen LogP contribution >= 0.6 is 0 Å². The van der Waals surface area contributed by atoms with Gasteiger partial charge >= 0.3 is 0 Å². The molecule has 26 heavy (non-hydrogen) atoms. The van der Waals surface area contributed by atoms with Crippen LogP contribution in [-0.2, 0) is 17.9 Å². The summed E-state index contributed by atoms with van der Waals surface area (Å²) in [5.74, 6) is 1.73. The van der Waals surface area contributed by atoms with E-state index in [0.717, 1.165) is 23.6 Å². The number of rotatable bonds is 9. The Labute approximate surface area is 154 Å². The van der Waals surface area contributed by atoms with E-state index in [-0.39, 0.29) is 5.91 Å². The molecular formula is C21H26N2O3. The lowest BCUT2D eigenvalue weighted by Crippen LogP contribution is -2.37. The van der Waals surface area contributed by atoms with Crippen LogP contribution in [0.25, 0.3) is 0 Å². The molecule has 2 aromatic rings. The minimum absolute atomic E-state index is 0.0567. The van der Waals surface area contributed by atoms with Crippen LogP contribution in [0.3, 0.4) is 0 Å². The second kappa shape index (κ2) is 8.72. The SMILES string of the molecule is COc1ccc(CNC(=O)CN(Cc2ccc(OC)cc2)C2CC2)cc1. The molecule has 3 rings (SSSR count). The fraction of sp³-hybridized carbons (Fsp3) is 0.381. The number of hydrogen-bond donors (Lipinski definition) is 1. The molecule has 0 saturated heterocycles. The predicted octanol–water partition coefficient (Wildman–Crippen LogP) is 2.98. The molecule has 0 aliphatic heterocycles. The van der Waals surface area contributed by atoms with Crippen LogP contribution in [0.15, 0.2) is 48.5 Å². The van der Waals surface area contributed by atoms with Gasteiger partial charge in [-0.1, -0.05) is 24.3 Å². The number of carbonyl (C=O) groups is 1. The molecule has 1 N–H and O–H groups in total. The average molecular weight is 354 g/mol. The maximum Gasteiger partial charge on any atom is 0.234 e. The van der Waals surface area contributed by atoms with E-state index in [4.69, 9.17) is 9.47 Å². The van der Waals surface area contributed by atoms with Gasteiger partial charge < -0.3 is 14.8 Å². The fourth-order valence-corrected chi connectivity index (χ4v) is 2.90. The summed E-state index contributed by atoms with van der Waals surface area (Å²) in [5, 5.41) is 3.01. The molecule has 1 saturated carbocycles. The molecule has 1 aliphatic rings. The molecule has 0 radical (unpaired) electrons. The van der Waals surface area contributed by atoms with Crippen molar-refractivity contribution in [1.29, 1.82) is 0 Å². The fourth-order valence-electron chi connectivity index (χ4n) is 2.90. The third-order valence-corrected chi connectivity index (χ3v) is 4.60. The molecule has 5 heteroatoms. The van der Waals surface area contributed by atoms with Crippen molar-refractivity contribution in [3.05, 3.63) is 59.7 Å². The number of amides is 1. The quantitative estimate of drug-likeness (QED) is 0.752. The van der Waals surface area contributed by atoms with E-state index in [1.807, 2.05) is 36.4 Å². The first-order valence-corrected chi connectivity index (χ1v) is 8.94. The van der Waals surface area contributed by atoms with Gasteiger partial charge in [0.1, 0.15) is 11.5 Å². The van der Waals surface area contributed by atoms with E-state index in [2.05, 4.69) is 22.3 Å². The highest BCUT2D eigenvalue weighted by atomic mass is 16.5. The van der Waals surface area contributed by atoms with E-state index in [1.54, 1.807) is 14.2 Å². The highest BCUT2D eigenvalue weighted by Crippen LogP contribution is 2.28. The van der Waals surface area contributed by atoms with E-state index in [9.17, 15) is 4.79 Å². The Hall–Kier alpha value is -2.53. The van der Waals surface area contributed by atoms with Crippen LogP contribution in [0.5, 0.6) is 11.5 Å². The van der Waals surface area contributed by atoms with Crippen molar-refractivity contribution in [2.24, 2.45) is 0 Å². The number of benzene rings is 2.